The Morgan fingerprint density at radius 1 is 0.536 bits per heavy atom. The van der Waals surface area contributed by atoms with Crippen molar-refractivity contribution in [2.75, 3.05) is 0 Å². The van der Waals surface area contributed by atoms with Gasteiger partial charge in [0.1, 0.15) is 11.4 Å². The predicted octanol–water partition coefficient (Wildman–Crippen LogP) is 13.3. The van der Waals surface area contributed by atoms with Crippen LogP contribution in [0.3, 0.4) is 0 Å². The molecule has 0 fully saturated rings. The minimum atomic E-state index is -0.565. The summed E-state index contributed by atoms with van der Waals surface area (Å²) in [5.41, 5.74) is 19.9. The van der Waals surface area contributed by atoms with Crippen LogP contribution < -0.4 is 5.32 Å². The lowest BCUT2D eigenvalue weighted by Gasteiger charge is -2.32. The number of amidine groups is 1. The zero-order valence-electron chi connectivity index (χ0n) is 33.2. The van der Waals surface area contributed by atoms with Crippen molar-refractivity contribution in [2.45, 2.75) is 64.3 Å². The Kier molecular flexibility index (Phi) is 7.71. The maximum atomic E-state index is 5.48. The summed E-state index contributed by atoms with van der Waals surface area (Å²) in [4.78, 5) is 5.48. The Hall–Kier alpha value is -5.99. The third-order valence-corrected chi connectivity index (χ3v) is 13.1. The van der Waals surface area contributed by atoms with Crippen LogP contribution >= 0.6 is 0 Å². The van der Waals surface area contributed by atoms with Gasteiger partial charge in [0, 0.05) is 22.1 Å². The molecular formula is C54H48N2. The minimum absolute atomic E-state index is 0.0284. The van der Waals surface area contributed by atoms with E-state index in [0.717, 1.165) is 23.5 Å². The molecule has 0 spiro atoms. The van der Waals surface area contributed by atoms with Gasteiger partial charge < -0.3 is 5.32 Å². The Morgan fingerprint density at radius 3 is 1.57 bits per heavy atom. The summed E-state index contributed by atoms with van der Waals surface area (Å²) in [7, 11) is 0. The number of hydrogen-bond donors (Lipinski definition) is 1. The van der Waals surface area contributed by atoms with E-state index in [2.05, 4.69) is 205 Å². The van der Waals surface area contributed by atoms with Gasteiger partial charge in [-0.3, -0.25) is 4.99 Å². The Morgan fingerprint density at radius 2 is 1.02 bits per heavy atom. The fourth-order valence-electron chi connectivity index (χ4n) is 9.78. The molecule has 3 aliphatic carbocycles. The largest absolute Gasteiger partial charge is 0.340 e. The average molecular weight is 725 g/mol. The van der Waals surface area contributed by atoms with Gasteiger partial charge in [-0.2, -0.15) is 0 Å². The molecule has 2 nitrogen and oxygen atoms in total. The second kappa shape index (κ2) is 12.5. The molecule has 10 rings (SSSR count). The fraction of sp³-hybridized carbons (Fsp3) is 0.204. The predicted molar refractivity (Wildman–Crippen MR) is 235 cm³/mol. The second-order valence-electron chi connectivity index (χ2n) is 17.5. The highest BCUT2D eigenvalue weighted by Gasteiger charge is 2.37. The summed E-state index contributed by atoms with van der Waals surface area (Å²) < 4.78 is 0. The van der Waals surface area contributed by atoms with Gasteiger partial charge in [0.25, 0.3) is 0 Å². The van der Waals surface area contributed by atoms with Crippen LogP contribution in [0, 0.1) is 5.92 Å². The topological polar surface area (TPSA) is 24.4 Å². The monoisotopic (exact) mass is 724 g/mol. The molecule has 0 aromatic heterocycles. The van der Waals surface area contributed by atoms with E-state index in [-0.39, 0.29) is 10.8 Å². The molecule has 1 aliphatic heterocycles. The minimum Gasteiger partial charge on any atom is -0.340 e. The molecule has 274 valence electrons. The number of aliphatic imine (C=N–C) groups is 1. The lowest BCUT2D eigenvalue weighted by molar-refractivity contribution is 0.610. The van der Waals surface area contributed by atoms with Crippen LogP contribution in [0.5, 0.6) is 0 Å². The zero-order valence-corrected chi connectivity index (χ0v) is 33.2. The molecular weight excluding hydrogens is 677 g/mol. The van der Waals surface area contributed by atoms with E-state index in [1.165, 1.54) is 77.9 Å². The van der Waals surface area contributed by atoms with Crippen LogP contribution in [0.4, 0.5) is 0 Å². The molecule has 2 unspecified atom stereocenters. The smallest absolute Gasteiger partial charge is 0.133 e. The maximum Gasteiger partial charge on any atom is 0.133 e. The normalized spacial score (nSPS) is 20.8. The number of allylic oxidation sites excluding steroid dienone is 3. The Balaban J connectivity index is 0.982. The van der Waals surface area contributed by atoms with Gasteiger partial charge in [-0.05, 0) is 115 Å². The van der Waals surface area contributed by atoms with Gasteiger partial charge in [-0.15, -0.1) is 0 Å². The van der Waals surface area contributed by atoms with Crippen LogP contribution in [-0.4, -0.2) is 5.84 Å². The van der Waals surface area contributed by atoms with E-state index in [9.17, 15) is 0 Å². The van der Waals surface area contributed by atoms with Gasteiger partial charge in [0.15, 0.2) is 0 Å². The SMILES string of the molecule is CC1C=C(C2=CC(C)(c3ccc(-c4ccc5c(c4)C(C)(C)c4ccccc4-5)cc3)N=C(c3ccc(-c4ccc5c(c4)C(C)(C)c4ccccc4-5)cc3)N2)C=CC1. The van der Waals surface area contributed by atoms with E-state index < -0.39 is 5.54 Å². The first kappa shape index (κ1) is 34.5. The van der Waals surface area contributed by atoms with Crippen LogP contribution in [0.15, 0.2) is 174 Å². The molecule has 1 N–H and O–H groups in total. The van der Waals surface area contributed by atoms with Crippen LogP contribution in [0.2, 0.25) is 0 Å². The molecule has 0 amide bonds. The fourth-order valence-corrected chi connectivity index (χ4v) is 9.78. The number of benzene rings is 6. The first-order chi connectivity index (χ1) is 27.0. The molecule has 2 heteroatoms. The highest BCUT2D eigenvalue weighted by Crippen LogP contribution is 2.51. The second-order valence-corrected chi connectivity index (χ2v) is 17.5. The van der Waals surface area contributed by atoms with Crippen LogP contribution in [0.25, 0.3) is 44.5 Å². The first-order valence-corrected chi connectivity index (χ1v) is 20.2. The van der Waals surface area contributed by atoms with Gasteiger partial charge in [-0.25, -0.2) is 0 Å². The van der Waals surface area contributed by atoms with Crippen LogP contribution in [-0.2, 0) is 16.4 Å². The highest BCUT2D eigenvalue weighted by atomic mass is 15.1. The molecule has 6 aromatic rings. The molecule has 1 heterocycles. The number of nitrogens with one attached hydrogen (secondary N) is 1. The summed E-state index contributed by atoms with van der Waals surface area (Å²) >= 11 is 0. The van der Waals surface area contributed by atoms with Crippen molar-refractivity contribution in [3.8, 4) is 44.5 Å². The molecule has 2 atom stereocenters. The zero-order chi connectivity index (χ0) is 38.4. The lowest BCUT2D eigenvalue weighted by Crippen LogP contribution is -2.35. The summed E-state index contributed by atoms with van der Waals surface area (Å²) in [6.45, 7) is 13.9. The molecule has 56 heavy (non-hydrogen) atoms. The number of fused-ring (bicyclic) bond motifs is 6. The van der Waals surface area contributed by atoms with Crippen molar-refractivity contribution in [3.05, 3.63) is 202 Å². The third-order valence-electron chi connectivity index (χ3n) is 13.1. The van der Waals surface area contributed by atoms with E-state index >= 15 is 0 Å². The molecule has 0 saturated heterocycles. The summed E-state index contributed by atoms with van der Waals surface area (Å²) in [6, 6.07) is 49.7. The van der Waals surface area contributed by atoms with Crippen molar-refractivity contribution >= 4 is 5.84 Å². The van der Waals surface area contributed by atoms with E-state index in [1.807, 2.05) is 0 Å². The quantitative estimate of drug-likeness (QED) is 0.188. The molecule has 0 bridgehead atoms. The van der Waals surface area contributed by atoms with Crippen molar-refractivity contribution in [1.29, 1.82) is 0 Å². The molecule has 0 radical (unpaired) electrons. The lowest BCUT2D eigenvalue weighted by atomic mass is 9.81. The molecule has 4 aliphatic rings. The number of nitrogens with zero attached hydrogens (tertiary/aromatic N) is 1. The van der Waals surface area contributed by atoms with E-state index in [1.54, 1.807) is 0 Å². The molecule has 6 aromatic carbocycles. The third kappa shape index (κ3) is 5.41. The summed E-state index contributed by atoms with van der Waals surface area (Å²) in [6.07, 6.45) is 10.3. The Labute approximate surface area is 332 Å². The molecule has 0 saturated carbocycles. The average Bonchev–Trinajstić information content (AvgIpc) is 3.59. The van der Waals surface area contributed by atoms with Gasteiger partial charge in [0.2, 0.25) is 0 Å². The highest BCUT2D eigenvalue weighted by molar-refractivity contribution is 6.02. The summed E-state index contributed by atoms with van der Waals surface area (Å²) in [5.74, 6) is 1.37. The van der Waals surface area contributed by atoms with Gasteiger partial charge in [0.05, 0.1) is 0 Å². The van der Waals surface area contributed by atoms with Crippen molar-refractivity contribution < 1.29 is 0 Å². The Bertz CT molecular complexity index is 2700. The van der Waals surface area contributed by atoms with Gasteiger partial charge >= 0.3 is 0 Å². The number of hydrogen-bond acceptors (Lipinski definition) is 2. The standard InChI is InChI=1S/C54H48N2/c1-34-12-11-13-40(30-34)50-33-54(6,41-26-22-36(23-27-41)39-25-29-45-43-15-8-10-17-47(43)53(4,5)49(45)32-39)56-51(55-50)37-20-18-35(19-21-37)38-24-28-44-42-14-7-9-16-46(42)52(2,3)48(44)31-38/h7-11,13-34H,12H2,1-6H3,(H,55,56). The summed E-state index contributed by atoms with van der Waals surface area (Å²) in [5, 5.41) is 3.77. The van der Waals surface area contributed by atoms with E-state index in [0.29, 0.717) is 5.92 Å². The maximum absolute atomic E-state index is 5.48. The first-order valence-electron chi connectivity index (χ1n) is 20.2. The number of rotatable bonds is 5. The van der Waals surface area contributed by atoms with Crippen molar-refractivity contribution in [1.82, 2.24) is 5.32 Å². The van der Waals surface area contributed by atoms with Crippen LogP contribution in [0.1, 0.15) is 81.3 Å². The van der Waals surface area contributed by atoms with Gasteiger partial charge in [-0.1, -0.05) is 174 Å². The van der Waals surface area contributed by atoms with Crippen molar-refractivity contribution in [3.63, 3.8) is 0 Å². The van der Waals surface area contributed by atoms with Crippen molar-refractivity contribution in [2.24, 2.45) is 10.9 Å². The van der Waals surface area contributed by atoms with E-state index in [4.69, 9.17) is 4.99 Å².